The van der Waals surface area contributed by atoms with E-state index in [0.29, 0.717) is 0 Å². The number of hydrogen-bond donors (Lipinski definition) is 0. The average Bonchev–Trinajstić information content (AvgIpc) is 3.94. The Morgan fingerprint density at radius 1 is 0.191 bits per heavy atom. The van der Waals surface area contributed by atoms with E-state index in [4.69, 9.17) is 0 Å². The highest BCUT2D eigenvalue weighted by Gasteiger charge is 2.18. The summed E-state index contributed by atoms with van der Waals surface area (Å²) < 4.78 is 4.83. The lowest BCUT2D eigenvalue weighted by Crippen LogP contribution is -1.97. The number of benzene rings is 11. The molecule has 2 aromatic heterocycles. The van der Waals surface area contributed by atoms with Crippen molar-refractivity contribution in [1.29, 1.82) is 0 Å². The van der Waals surface area contributed by atoms with Crippen LogP contribution in [-0.4, -0.2) is 9.13 Å². The van der Waals surface area contributed by atoms with E-state index in [2.05, 4.69) is 276 Å². The Labute approximate surface area is 395 Å². The molecule has 0 aliphatic rings. The Morgan fingerprint density at radius 2 is 0.544 bits per heavy atom. The zero-order chi connectivity index (χ0) is 45.0. The fraction of sp³-hybridized carbons (Fsp3) is 0. The van der Waals surface area contributed by atoms with E-state index < -0.39 is 0 Å². The number of fused-ring (bicyclic) bond motifs is 6. The van der Waals surface area contributed by atoms with Crippen LogP contribution in [0.1, 0.15) is 0 Å². The third kappa shape index (κ3) is 6.82. The van der Waals surface area contributed by atoms with Crippen LogP contribution in [0.3, 0.4) is 0 Å². The van der Waals surface area contributed by atoms with Gasteiger partial charge >= 0.3 is 0 Å². The summed E-state index contributed by atoms with van der Waals surface area (Å²) in [7, 11) is 0. The Hall–Kier alpha value is -8.98. The summed E-state index contributed by atoms with van der Waals surface area (Å²) in [5.74, 6) is 0. The van der Waals surface area contributed by atoms with Gasteiger partial charge in [-0.05, 0) is 134 Å². The molecule has 13 rings (SSSR count). The van der Waals surface area contributed by atoms with Gasteiger partial charge in [-0.15, -0.1) is 0 Å². The summed E-state index contributed by atoms with van der Waals surface area (Å²) in [5.41, 5.74) is 21.5. The third-order valence-corrected chi connectivity index (χ3v) is 13.7. The Kier molecular flexibility index (Phi) is 9.54. The minimum absolute atomic E-state index is 1.16. The van der Waals surface area contributed by atoms with Crippen molar-refractivity contribution in [2.24, 2.45) is 0 Å². The fourth-order valence-electron chi connectivity index (χ4n) is 10.4. The molecule has 2 heteroatoms. The quantitative estimate of drug-likeness (QED) is 0.144. The molecule has 0 aliphatic heterocycles. The number of rotatable bonds is 8. The van der Waals surface area contributed by atoms with Gasteiger partial charge in [0.2, 0.25) is 0 Å². The van der Waals surface area contributed by atoms with Gasteiger partial charge in [0.05, 0.1) is 27.8 Å². The molecule has 13 aromatic rings. The van der Waals surface area contributed by atoms with Crippen molar-refractivity contribution in [1.82, 2.24) is 9.13 Å². The standard InChI is InChI=1S/C66H44N2/c1-3-16-45(17-4-1)48-18-13-20-50(40-48)52-22-15-23-53(42-52)51-21-14-19-49(41-51)46-32-34-47(35-33-46)57-26-7-10-29-62(57)68-64-31-12-9-28-59(64)61-44-55(37-39-66(61)68)54-36-38-65-60(43-54)58-27-8-11-30-63(58)67(65)56-24-5-2-6-25-56/h1-44H. The first-order valence-electron chi connectivity index (χ1n) is 23.4. The van der Waals surface area contributed by atoms with Crippen molar-refractivity contribution in [3.05, 3.63) is 267 Å². The molecule has 0 spiro atoms. The van der Waals surface area contributed by atoms with Gasteiger partial charge in [-0.2, -0.15) is 0 Å². The minimum atomic E-state index is 1.16. The molecule has 0 amide bonds. The molecule has 2 nitrogen and oxygen atoms in total. The second-order valence-electron chi connectivity index (χ2n) is 17.7. The third-order valence-electron chi connectivity index (χ3n) is 13.7. The van der Waals surface area contributed by atoms with E-state index in [9.17, 15) is 0 Å². The molecule has 0 bridgehead atoms. The fourth-order valence-corrected chi connectivity index (χ4v) is 10.4. The van der Waals surface area contributed by atoms with Crippen molar-refractivity contribution in [3.63, 3.8) is 0 Å². The Morgan fingerprint density at radius 3 is 1.10 bits per heavy atom. The first-order valence-corrected chi connectivity index (χ1v) is 23.4. The minimum Gasteiger partial charge on any atom is -0.309 e. The first kappa shape index (κ1) is 39.4. The van der Waals surface area contributed by atoms with Gasteiger partial charge in [-0.1, -0.05) is 194 Å². The van der Waals surface area contributed by atoms with Crippen molar-refractivity contribution in [2.45, 2.75) is 0 Å². The van der Waals surface area contributed by atoms with Gasteiger partial charge in [-0.25, -0.2) is 0 Å². The van der Waals surface area contributed by atoms with Crippen LogP contribution in [0.15, 0.2) is 267 Å². The lowest BCUT2D eigenvalue weighted by molar-refractivity contribution is 1.18. The van der Waals surface area contributed by atoms with Crippen LogP contribution in [0.25, 0.3) is 122 Å². The molecule has 68 heavy (non-hydrogen) atoms. The summed E-state index contributed by atoms with van der Waals surface area (Å²) >= 11 is 0. The van der Waals surface area contributed by atoms with Crippen LogP contribution in [0.2, 0.25) is 0 Å². The zero-order valence-corrected chi connectivity index (χ0v) is 37.3. The summed E-state index contributed by atoms with van der Waals surface area (Å²) in [6.07, 6.45) is 0. The van der Waals surface area contributed by atoms with E-state index in [1.165, 1.54) is 116 Å². The normalized spacial score (nSPS) is 11.5. The van der Waals surface area contributed by atoms with Crippen LogP contribution >= 0.6 is 0 Å². The number of aromatic nitrogens is 2. The zero-order valence-electron chi connectivity index (χ0n) is 37.3. The van der Waals surface area contributed by atoms with Gasteiger partial charge in [-0.3, -0.25) is 0 Å². The second-order valence-corrected chi connectivity index (χ2v) is 17.7. The average molecular weight is 865 g/mol. The van der Waals surface area contributed by atoms with Crippen molar-refractivity contribution < 1.29 is 0 Å². The molecule has 0 unspecified atom stereocenters. The van der Waals surface area contributed by atoms with E-state index in [0.717, 1.165) is 5.69 Å². The largest absolute Gasteiger partial charge is 0.309 e. The molecule has 0 saturated heterocycles. The van der Waals surface area contributed by atoms with Gasteiger partial charge in [0.25, 0.3) is 0 Å². The smallest absolute Gasteiger partial charge is 0.0541 e. The molecule has 0 radical (unpaired) electrons. The molecular weight excluding hydrogens is 821 g/mol. The number of nitrogens with zero attached hydrogens (tertiary/aromatic N) is 2. The topological polar surface area (TPSA) is 9.86 Å². The maximum absolute atomic E-state index is 2.45. The van der Waals surface area contributed by atoms with Crippen LogP contribution in [-0.2, 0) is 0 Å². The van der Waals surface area contributed by atoms with Crippen molar-refractivity contribution in [2.75, 3.05) is 0 Å². The molecule has 0 fully saturated rings. The summed E-state index contributed by atoms with van der Waals surface area (Å²) in [5, 5.41) is 4.99. The lowest BCUT2D eigenvalue weighted by Gasteiger charge is -2.15. The monoisotopic (exact) mass is 864 g/mol. The van der Waals surface area contributed by atoms with Crippen LogP contribution in [0.4, 0.5) is 0 Å². The van der Waals surface area contributed by atoms with Crippen molar-refractivity contribution >= 4 is 43.6 Å². The first-order chi connectivity index (χ1) is 33.7. The second kappa shape index (κ2) is 16.5. The van der Waals surface area contributed by atoms with Crippen LogP contribution in [0, 0.1) is 0 Å². The van der Waals surface area contributed by atoms with Gasteiger partial charge in [0, 0.05) is 32.8 Å². The highest BCUT2D eigenvalue weighted by Crippen LogP contribution is 2.41. The maximum atomic E-state index is 2.45. The summed E-state index contributed by atoms with van der Waals surface area (Å²) in [6, 6.07) is 97.3. The maximum Gasteiger partial charge on any atom is 0.0541 e. The van der Waals surface area contributed by atoms with Gasteiger partial charge < -0.3 is 9.13 Å². The highest BCUT2D eigenvalue weighted by molar-refractivity contribution is 6.13. The predicted molar refractivity (Wildman–Crippen MR) is 288 cm³/mol. The molecule has 318 valence electrons. The highest BCUT2D eigenvalue weighted by atomic mass is 15.0. The molecule has 11 aromatic carbocycles. The molecule has 0 N–H and O–H groups in total. The Bertz CT molecular complexity index is 4000. The van der Waals surface area contributed by atoms with Gasteiger partial charge in [0.1, 0.15) is 0 Å². The van der Waals surface area contributed by atoms with Gasteiger partial charge in [0.15, 0.2) is 0 Å². The van der Waals surface area contributed by atoms with E-state index >= 15 is 0 Å². The van der Waals surface area contributed by atoms with E-state index in [1.54, 1.807) is 0 Å². The molecule has 0 saturated carbocycles. The Balaban J connectivity index is 0.835. The lowest BCUT2D eigenvalue weighted by atomic mass is 9.94. The number of para-hydroxylation sites is 4. The summed E-state index contributed by atoms with van der Waals surface area (Å²) in [6.45, 7) is 0. The van der Waals surface area contributed by atoms with E-state index in [-0.39, 0.29) is 0 Å². The molecule has 2 heterocycles. The van der Waals surface area contributed by atoms with E-state index in [1.807, 2.05) is 0 Å². The van der Waals surface area contributed by atoms with Crippen LogP contribution in [0.5, 0.6) is 0 Å². The van der Waals surface area contributed by atoms with Crippen molar-refractivity contribution in [3.8, 4) is 78.1 Å². The number of hydrogen-bond acceptors (Lipinski definition) is 0. The molecular formula is C66H44N2. The SMILES string of the molecule is c1ccc(-c2cccc(-c3cccc(-c4cccc(-c5ccc(-c6ccccc6-n6c7ccccc7c7cc(-c8ccc9c(c8)c8ccccc8n9-c8ccccc8)ccc76)cc5)c4)c3)c2)cc1. The molecule has 0 atom stereocenters. The van der Waals surface area contributed by atoms with Crippen LogP contribution < -0.4 is 0 Å². The summed E-state index contributed by atoms with van der Waals surface area (Å²) in [4.78, 5) is 0. The molecule has 0 aliphatic carbocycles. The predicted octanol–water partition coefficient (Wildman–Crippen LogP) is 17.9.